The summed E-state index contributed by atoms with van der Waals surface area (Å²) >= 11 is 0. The van der Waals surface area contributed by atoms with E-state index in [4.69, 9.17) is 0 Å². The van der Waals surface area contributed by atoms with Crippen molar-refractivity contribution in [1.29, 1.82) is 0 Å². The molecule has 1 aromatic heterocycles. The Morgan fingerprint density at radius 2 is 2.20 bits per heavy atom. The average Bonchev–Trinajstić information content (AvgIpc) is 2.44. The van der Waals surface area contributed by atoms with E-state index in [1.54, 1.807) is 18.2 Å². The molecule has 0 aliphatic rings. The molecule has 0 amide bonds. The molecule has 0 spiro atoms. The molecule has 20 heavy (non-hydrogen) atoms. The molecule has 2 N–H and O–H groups in total. The summed E-state index contributed by atoms with van der Waals surface area (Å²) in [6, 6.07) is 7.22. The SMILES string of the molecule is CCCC(O)CNc1c([N+](=O)[O-])cnc2ccccc12. The molecule has 0 saturated heterocycles. The number of anilines is 1. The van der Waals surface area contributed by atoms with E-state index in [0.29, 0.717) is 23.0 Å². The topological polar surface area (TPSA) is 88.3 Å². The molecular formula is C14H17N3O3. The van der Waals surface area contributed by atoms with Gasteiger partial charge in [-0.15, -0.1) is 0 Å². The van der Waals surface area contributed by atoms with Gasteiger partial charge in [-0.1, -0.05) is 31.5 Å². The van der Waals surface area contributed by atoms with Crippen LogP contribution in [-0.4, -0.2) is 27.7 Å². The van der Waals surface area contributed by atoms with Crippen molar-refractivity contribution >= 4 is 22.3 Å². The largest absolute Gasteiger partial charge is 0.391 e. The Labute approximate surface area is 116 Å². The van der Waals surface area contributed by atoms with Crippen molar-refractivity contribution in [2.45, 2.75) is 25.9 Å². The normalized spacial score (nSPS) is 12.3. The molecule has 1 unspecified atom stereocenters. The fourth-order valence-corrected chi connectivity index (χ4v) is 2.11. The van der Waals surface area contributed by atoms with Gasteiger partial charge in [0.1, 0.15) is 11.9 Å². The second kappa shape index (κ2) is 6.29. The Kier molecular flexibility index (Phi) is 4.47. The summed E-state index contributed by atoms with van der Waals surface area (Å²) in [5.74, 6) is 0. The first-order chi connectivity index (χ1) is 9.63. The predicted octanol–water partition coefficient (Wildman–Crippen LogP) is 2.72. The van der Waals surface area contributed by atoms with Crippen LogP contribution in [0.1, 0.15) is 19.8 Å². The highest BCUT2D eigenvalue weighted by Gasteiger charge is 2.18. The van der Waals surface area contributed by atoms with Crippen molar-refractivity contribution in [2.75, 3.05) is 11.9 Å². The first kappa shape index (κ1) is 14.2. The highest BCUT2D eigenvalue weighted by atomic mass is 16.6. The lowest BCUT2D eigenvalue weighted by molar-refractivity contribution is -0.384. The third kappa shape index (κ3) is 3.03. The quantitative estimate of drug-likeness (QED) is 0.625. The van der Waals surface area contributed by atoms with Crippen LogP contribution in [0, 0.1) is 10.1 Å². The second-order valence-electron chi connectivity index (χ2n) is 4.62. The number of nitrogens with one attached hydrogen (secondary N) is 1. The number of aliphatic hydroxyl groups is 1. The van der Waals surface area contributed by atoms with Crippen LogP contribution in [-0.2, 0) is 0 Å². The summed E-state index contributed by atoms with van der Waals surface area (Å²) in [4.78, 5) is 14.7. The van der Waals surface area contributed by atoms with Crippen LogP contribution < -0.4 is 5.32 Å². The Bertz CT molecular complexity index is 616. The number of fused-ring (bicyclic) bond motifs is 1. The van der Waals surface area contributed by atoms with Crippen molar-refractivity contribution in [3.63, 3.8) is 0 Å². The molecule has 0 saturated carbocycles. The number of rotatable bonds is 6. The fourth-order valence-electron chi connectivity index (χ4n) is 2.11. The zero-order chi connectivity index (χ0) is 14.5. The second-order valence-corrected chi connectivity index (χ2v) is 4.62. The van der Waals surface area contributed by atoms with E-state index in [-0.39, 0.29) is 12.2 Å². The maximum atomic E-state index is 11.1. The lowest BCUT2D eigenvalue weighted by atomic mass is 10.1. The van der Waals surface area contributed by atoms with E-state index in [2.05, 4.69) is 10.3 Å². The van der Waals surface area contributed by atoms with Crippen LogP contribution >= 0.6 is 0 Å². The number of aliphatic hydroxyl groups excluding tert-OH is 1. The van der Waals surface area contributed by atoms with E-state index >= 15 is 0 Å². The van der Waals surface area contributed by atoms with Crippen LogP contribution in [0.15, 0.2) is 30.5 Å². The zero-order valence-corrected chi connectivity index (χ0v) is 11.2. The fraction of sp³-hybridized carbons (Fsp3) is 0.357. The van der Waals surface area contributed by atoms with Crippen molar-refractivity contribution in [2.24, 2.45) is 0 Å². The van der Waals surface area contributed by atoms with Crippen molar-refractivity contribution in [3.8, 4) is 0 Å². The summed E-state index contributed by atoms with van der Waals surface area (Å²) in [5.41, 5.74) is 1.02. The number of para-hydroxylation sites is 1. The van der Waals surface area contributed by atoms with Gasteiger partial charge in [-0.3, -0.25) is 10.1 Å². The minimum atomic E-state index is -0.522. The lowest BCUT2D eigenvalue weighted by Gasteiger charge is -2.13. The van der Waals surface area contributed by atoms with E-state index in [1.165, 1.54) is 6.20 Å². The minimum absolute atomic E-state index is 0.0765. The maximum Gasteiger partial charge on any atom is 0.311 e. The summed E-state index contributed by atoms with van der Waals surface area (Å²) in [7, 11) is 0. The molecule has 106 valence electrons. The Morgan fingerprint density at radius 1 is 1.45 bits per heavy atom. The molecule has 0 bridgehead atoms. The third-order valence-corrected chi connectivity index (χ3v) is 3.09. The smallest absolute Gasteiger partial charge is 0.311 e. The van der Waals surface area contributed by atoms with Gasteiger partial charge >= 0.3 is 5.69 Å². The van der Waals surface area contributed by atoms with Crippen LogP contribution in [0.5, 0.6) is 0 Å². The molecule has 6 nitrogen and oxygen atoms in total. The van der Waals surface area contributed by atoms with Gasteiger partial charge in [-0.05, 0) is 12.5 Å². The van der Waals surface area contributed by atoms with Gasteiger partial charge in [0.2, 0.25) is 0 Å². The van der Waals surface area contributed by atoms with Gasteiger partial charge in [0.15, 0.2) is 0 Å². The number of nitro groups is 1. The standard InChI is InChI=1S/C14H17N3O3/c1-2-5-10(18)8-16-14-11-6-3-4-7-12(11)15-9-13(14)17(19)20/h3-4,6-7,9-10,18H,2,5,8H2,1H3,(H,15,16). The molecule has 1 aromatic carbocycles. The maximum absolute atomic E-state index is 11.1. The minimum Gasteiger partial charge on any atom is -0.391 e. The summed E-state index contributed by atoms with van der Waals surface area (Å²) in [6.45, 7) is 2.26. The Hall–Kier alpha value is -2.21. The highest BCUT2D eigenvalue weighted by Crippen LogP contribution is 2.31. The Morgan fingerprint density at radius 3 is 2.90 bits per heavy atom. The summed E-state index contributed by atoms with van der Waals surface area (Å²) < 4.78 is 0. The number of benzene rings is 1. The summed E-state index contributed by atoms with van der Waals surface area (Å²) in [6.07, 6.45) is 2.24. The average molecular weight is 275 g/mol. The third-order valence-electron chi connectivity index (χ3n) is 3.09. The number of nitrogens with zero attached hydrogens (tertiary/aromatic N) is 2. The van der Waals surface area contributed by atoms with E-state index < -0.39 is 11.0 Å². The van der Waals surface area contributed by atoms with Crippen molar-refractivity contribution < 1.29 is 10.0 Å². The lowest BCUT2D eigenvalue weighted by Crippen LogP contribution is -2.19. The van der Waals surface area contributed by atoms with Crippen LogP contribution in [0.2, 0.25) is 0 Å². The molecule has 0 radical (unpaired) electrons. The number of pyridine rings is 1. The van der Waals surface area contributed by atoms with Crippen molar-refractivity contribution in [1.82, 2.24) is 4.98 Å². The van der Waals surface area contributed by atoms with Crippen molar-refractivity contribution in [3.05, 3.63) is 40.6 Å². The molecular weight excluding hydrogens is 258 g/mol. The molecule has 6 heteroatoms. The highest BCUT2D eigenvalue weighted by molar-refractivity contribution is 5.95. The van der Waals surface area contributed by atoms with Crippen LogP contribution in [0.25, 0.3) is 10.9 Å². The van der Waals surface area contributed by atoms with Crippen LogP contribution in [0.3, 0.4) is 0 Å². The molecule has 0 fully saturated rings. The van der Waals surface area contributed by atoms with E-state index in [0.717, 1.165) is 6.42 Å². The number of hydrogen-bond donors (Lipinski definition) is 2. The molecule has 0 aliphatic heterocycles. The van der Waals surface area contributed by atoms with E-state index in [1.807, 2.05) is 13.0 Å². The van der Waals surface area contributed by atoms with Crippen LogP contribution in [0.4, 0.5) is 11.4 Å². The Balaban J connectivity index is 2.37. The summed E-state index contributed by atoms with van der Waals surface area (Å²) in [5, 5.41) is 24.5. The number of aromatic nitrogens is 1. The van der Waals surface area contributed by atoms with Gasteiger partial charge in [-0.25, -0.2) is 4.98 Å². The monoisotopic (exact) mass is 275 g/mol. The molecule has 1 heterocycles. The van der Waals surface area contributed by atoms with Gasteiger partial charge < -0.3 is 10.4 Å². The molecule has 1 atom stereocenters. The first-order valence-corrected chi connectivity index (χ1v) is 6.57. The van der Waals surface area contributed by atoms with Gasteiger partial charge in [0.05, 0.1) is 16.5 Å². The molecule has 2 aromatic rings. The predicted molar refractivity (Wildman–Crippen MR) is 77.8 cm³/mol. The van der Waals surface area contributed by atoms with Gasteiger partial charge in [0.25, 0.3) is 0 Å². The molecule has 0 aliphatic carbocycles. The van der Waals surface area contributed by atoms with Gasteiger partial charge in [-0.2, -0.15) is 0 Å². The zero-order valence-electron chi connectivity index (χ0n) is 11.2. The first-order valence-electron chi connectivity index (χ1n) is 6.57. The number of hydrogen-bond acceptors (Lipinski definition) is 5. The van der Waals surface area contributed by atoms with Gasteiger partial charge in [0, 0.05) is 11.9 Å². The molecule has 2 rings (SSSR count). The van der Waals surface area contributed by atoms with E-state index in [9.17, 15) is 15.2 Å².